The first kappa shape index (κ1) is 18.4. The maximum Gasteiger partial charge on any atom is 0.119 e. The molecule has 0 N–H and O–H groups in total. The summed E-state index contributed by atoms with van der Waals surface area (Å²) in [4.78, 5) is 0. The lowest BCUT2D eigenvalue weighted by Gasteiger charge is -2.36. The average Bonchev–Trinajstić information content (AvgIpc) is 2.45. The Labute approximate surface area is 143 Å². The highest BCUT2D eigenvalue weighted by Gasteiger charge is 2.30. The molecule has 0 aromatic heterocycles. The molecular weight excluding hydrogens is 280 g/mol. The van der Waals surface area contributed by atoms with E-state index < -0.39 is 0 Å². The number of hydrogen-bond acceptors (Lipinski definition) is 1. The Morgan fingerprint density at radius 3 is 1.96 bits per heavy atom. The maximum absolute atomic E-state index is 6.18. The molecule has 0 heterocycles. The van der Waals surface area contributed by atoms with E-state index in [1.807, 2.05) is 0 Å². The van der Waals surface area contributed by atoms with Gasteiger partial charge in [-0.25, -0.2) is 0 Å². The van der Waals surface area contributed by atoms with Gasteiger partial charge in [-0.3, -0.25) is 0 Å². The summed E-state index contributed by atoms with van der Waals surface area (Å²) in [6.45, 7) is 14.1. The topological polar surface area (TPSA) is 9.23 Å². The van der Waals surface area contributed by atoms with Gasteiger partial charge < -0.3 is 4.74 Å². The van der Waals surface area contributed by atoms with Gasteiger partial charge in [-0.2, -0.15) is 0 Å². The highest BCUT2D eigenvalue weighted by atomic mass is 16.5. The van der Waals surface area contributed by atoms with Crippen LogP contribution in [0.4, 0.5) is 0 Å². The van der Waals surface area contributed by atoms with E-state index in [-0.39, 0.29) is 5.41 Å². The minimum absolute atomic E-state index is 0.277. The average molecular weight is 317 g/mol. The van der Waals surface area contributed by atoms with Gasteiger partial charge in [0.1, 0.15) is 5.75 Å². The third-order valence-corrected chi connectivity index (χ3v) is 5.00. The van der Waals surface area contributed by atoms with Crippen LogP contribution >= 0.6 is 0 Å². The zero-order valence-corrected chi connectivity index (χ0v) is 16.1. The molecule has 1 saturated carbocycles. The second-order valence-corrected chi connectivity index (χ2v) is 9.63. The molecule has 1 fully saturated rings. The predicted molar refractivity (Wildman–Crippen MR) is 100 cm³/mol. The number of rotatable bonds is 4. The Morgan fingerprint density at radius 2 is 1.48 bits per heavy atom. The number of hydrogen-bond donors (Lipinski definition) is 0. The molecule has 1 aliphatic rings. The number of benzene rings is 1. The van der Waals surface area contributed by atoms with Crippen LogP contribution in [-0.4, -0.2) is 6.10 Å². The van der Waals surface area contributed by atoms with Gasteiger partial charge >= 0.3 is 0 Å². The summed E-state index contributed by atoms with van der Waals surface area (Å²) in [5, 5.41) is 0. The van der Waals surface area contributed by atoms with Crippen molar-refractivity contribution in [2.45, 2.75) is 92.1 Å². The summed E-state index contributed by atoms with van der Waals surface area (Å²) in [6.07, 6.45) is 8.09. The monoisotopic (exact) mass is 316 g/mol. The standard InChI is InChI=1S/C22H36O/c1-21(2,3)16-20(22(4,5)6)17-12-14-19(15-13-17)23-18-10-8-7-9-11-18/h12-15,18,20H,7-11,16H2,1-6H3. The molecule has 130 valence electrons. The SMILES string of the molecule is CC(C)(C)CC(c1ccc(OC2CCCCC2)cc1)C(C)(C)C. The Kier molecular flexibility index (Phi) is 5.81. The van der Waals surface area contributed by atoms with E-state index in [9.17, 15) is 0 Å². The summed E-state index contributed by atoms with van der Waals surface area (Å²) < 4.78 is 6.18. The lowest BCUT2D eigenvalue weighted by molar-refractivity contribution is 0.155. The van der Waals surface area contributed by atoms with Gasteiger partial charge in [0.2, 0.25) is 0 Å². The van der Waals surface area contributed by atoms with Crippen molar-refractivity contribution in [3.8, 4) is 5.75 Å². The van der Waals surface area contributed by atoms with Crippen LogP contribution in [0.5, 0.6) is 5.75 Å². The first-order valence-electron chi connectivity index (χ1n) is 9.42. The van der Waals surface area contributed by atoms with E-state index in [4.69, 9.17) is 4.74 Å². The van der Waals surface area contributed by atoms with Crippen molar-refractivity contribution in [2.24, 2.45) is 10.8 Å². The first-order valence-corrected chi connectivity index (χ1v) is 9.42. The molecule has 0 amide bonds. The molecule has 0 aliphatic heterocycles. The van der Waals surface area contributed by atoms with Crippen molar-refractivity contribution in [3.05, 3.63) is 29.8 Å². The van der Waals surface area contributed by atoms with Crippen molar-refractivity contribution in [1.29, 1.82) is 0 Å². The molecule has 2 rings (SSSR count). The van der Waals surface area contributed by atoms with E-state index in [1.165, 1.54) is 44.1 Å². The molecule has 1 aromatic carbocycles. The Balaban J connectivity index is 2.08. The molecule has 1 unspecified atom stereocenters. The van der Waals surface area contributed by atoms with E-state index in [2.05, 4.69) is 65.8 Å². The van der Waals surface area contributed by atoms with Gasteiger partial charge in [-0.15, -0.1) is 0 Å². The van der Waals surface area contributed by atoms with Crippen molar-refractivity contribution < 1.29 is 4.74 Å². The van der Waals surface area contributed by atoms with E-state index in [1.54, 1.807) is 0 Å². The van der Waals surface area contributed by atoms with Crippen molar-refractivity contribution in [1.82, 2.24) is 0 Å². The van der Waals surface area contributed by atoms with Gasteiger partial charge in [0.15, 0.2) is 0 Å². The Bertz CT molecular complexity index is 466. The molecule has 0 spiro atoms. The highest BCUT2D eigenvalue weighted by Crippen LogP contribution is 2.43. The molecule has 1 aliphatic carbocycles. The van der Waals surface area contributed by atoms with Crippen LogP contribution in [0.1, 0.15) is 91.5 Å². The molecule has 0 bridgehead atoms. The van der Waals surface area contributed by atoms with Crippen molar-refractivity contribution in [2.75, 3.05) is 0 Å². The molecule has 1 heteroatoms. The van der Waals surface area contributed by atoms with E-state index in [0.29, 0.717) is 17.4 Å². The van der Waals surface area contributed by atoms with Crippen LogP contribution in [0.25, 0.3) is 0 Å². The third kappa shape index (κ3) is 5.86. The molecule has 0 saturated heterocycles. The summed E-state index contributed by atoms with van der Waals surface area (Å²) in [6, 6.07) is 8.95. The van der Waals surface area contributed by atoms with Crippen LogP contribution in [0.15, 0.2) is 24.3 Å². The summed E-state index contributed by atoms with van der Waals surface area (Å²) in [7, 11) is 0. The van der Waals surface area contributed by atoms with Gasteiger partial charge in [-0.05, 0) is 66.5 Å². The molecular formula is C22H36O. The molecule has 23 heavy (non-hydrogen) atoms. The zero-order valence-electron chi connectivity index (χ0n) is 16.1. The van der Waals surface area contributed by atoms with Crippen molar-refractivity contribution >= 4 is 0 Å². The molecule has 0 radical (unpaired) electrons. The van der Waals surface area contributed by atoms with Crippen molar-refractivity contribution in [3.63, 3.8) is 0 Å². The van der Waals surface area contributed by atoms with Crippen LogP contribution in [0.2, 0.25) is 0 Å². The van der Waals surface area contributed by atoms with Gasteiger partial charge in [-0.1, -0.05) is 60.1 Å². The van der Waals surface area contributed by atoms with Crippen LogP contribution in [0.3, 0.4) is 0 Å². The van der Waals surface area contributed by atoms with Gasteiger partial charge in [0.25, 0.3) is 0 Å². The minimum atomic E-state index is 0.277. The minimum Gasteiger partial charge on any atom is -0.490 e. The highest BCUT2D eigenvalue weighted by molar-refractivity contribution is 5.30. The maximum atomic E-state index is 6.18. The molecule has 1 aromatic rings. The second-order valence-electron chi connectivity index (χ2n) is 9.63. The molecule has 1 atom stereocenters. The molecule has 1 nitrogen and oxygen atoms in total. The Morgan fingerprint density at radius 1 is 0.913 bits per heavy atom. The fourth-order valence-electron chi connectivity index (χ4n) is 3.69. The quantitative estimate of drug-likeness (QED) is 0.583. The van der Waals surface area contributed by atoms with Crippen LogP contribution in [-0.2, 0) is 0 Å². The number of ether oxygens (including phenoxy) is 1. The lowest BCUT2D eigenvalue weighted by Crippen LogP contribution is -2.24. The fourth-order valence-corrected chi connectivity index (χ4v) is 3.69. The fraction of sp³-hybridized carbons (Fsp3) is 0.727. The van der Waals surface area contributed by atoms with Gasteiger partial charge in [0, 0.05) is 0 Å². The zero-order chi connectivity index (χ0) is 17.1. The largest absolute Gasteiger partial charge is 0.490 e. The lowest BCUT2D eigenvalue weighted by atomic mass is 9.69. The van der Waals surface area contributed by atoms with E-state index >= 15 is 0 Å². The predicted octanol–water partition coefficient (Wildman–Crippen LogP) is 6.96. The summed E-state index contributed by atoms with van der Waals surface area (Å²) in [5.74, 6) is 1.62. The van der Waals surface area contributed by atoms with Crippen LogP contribution < -0.4 is 4.74 Å². The summed E-state index contributed by atoms with van der Waals surface area (Å²) >= 11 is 0. The normalized spacial score (nSPS) is 18.7. The van der Waals surface area contributed by atoms with Crippen LogP contribution in [0, 0.1) is 10.8 Å². The van der Waals surface area contributed by atoms with E-state index in [0.717, 1.165) is 5.75 Å². The smallest absolute Gasteiger partial charge is 0.119 e. The Hall–Kier alpha value is -0.980. The summed E-state index contributed by atoms with van der Waals surface area (Å²) in [5.41, 5.74) is 2.07. The van der Waals surface area contributed by atoms with Gasteiger partial charge in [0.05, 0.1) is 6.10 Å². The first-order chi connectivity index (χ1) is 10.6. The second kappa shape index (κ2) is 7.28. The third-order valence-electron chi connectivity index (χ3n) is 5.00.